The van der Waals surface area contributed by atoms with E-state index in [2.05, 4.69) is 20.5 Å². The molecule has 0 aromatic carbocycles. The molecular weight excluding hydrogens is 256 g/mol. The van der Waals surface area contributed by atoms with Crippen molar-refractivity contribution in [3.63, 3.8) is 0 Å². The summed E-state index contributed by atoms with van der Waals surface area (Å²) in [6, 6.07) is 1.67. The molecule has 0 atom stereocenters. The highest BCUT2D eigenvalue weighted by Crippen LogP contribution is 2.14. The summed E-state index contributed by atoms with van der Waals surface area (Å²) in [7, 11) is 1.54. The summed E-state index contributed by atoms with van der Waals surface area (Å²) in [4.78, 5) is 18.4. The Morgan fingerprint density at radius 1 is 1.50 bits per heavy atom. The molecule has 1 fully saturated rings. The van der Waals surface area contributed by atoms with Gasteiger partial charge in [0.25, 0.3) is 5.91 Å². The van der Waals surface area contributed by atoms with Gasteiger partial charge in [-0.05, 0) is 19.0 Å². The number of carbonyl (C=O) groups excluding carboxylic acids is 1. The van der Waals surface area contributed by atoms with E-state index in [-0.39, 0.29) is 5.91 Å². The van der Waals surface area contributed by atoms with E-state index in [1.54, 1.807) is 18.5 Å². The maximum atomic E-state index is 12.0. The number of rotatable bonds is 6. The molecule has 0 saturated carbocycles. The number of methoxy groups -OCH3 is 1. The number of aromatic nitrogens is 1. The number of hydrogen-bond donors (Lipinski definition) is 2. The van der Waals surface area contributed by atoms with Crippen LogP contribution in [0.4, 0.5) is 0 Å². The van der Waals surface area contributed by atoms with Crippen LogP contribution in [0.15, 0.2) is 18.5 Å². The second-order valence-corrected chi connectivity index (χ2v) is 4.78. The lowest BCUT2D eigenvalue weighted by atomic mass is 10.2. The van der Waals surface area contributed by atoms with E-state index < -0.39 is 0 Å². The molecule has 1 amide bonds. The van der Waals surface area contributed by atoms with Crippen molar-refractivity contribution in [2.45, 2.75) is 6.42 Å². The first-order valence-electron chi connectivity index (χ1n) is 7.00. The van der Waals surface area contributed by atoms with E-state index in [4.69, 9.17) is 4.74 Å². The van der Waals surface area contributed by atoms with Gasteiger partial charge in [-0.2, -0.15) is 0 Å². The first-order chi connectivity index (χ1) is 9.81. The van der Waals surface area contributed by atoms with E-state index in [0.717, 1.165) is 39.1 Å². The van der Waals surface area contributed by atoms with Gasteiger partial charge in [-0.3, -0.25) is 9.78 Å². The lowest BCUT2D eigenvalue weighted by Crippen LogP contribution is -2.44. The van der Waals surface area contributed by atoms with Crippen molar-refractivity contribution in [3.05, 3.63) is 24.0 Å². The van der Waals surface area contributed by atoms with Crippen molar-refractivity contribution in [2.24, 2.45) is 0 Å². The Bertz CT molecular complexity index is 433. The standard InChI is InChI=1S/C14H22N4O2/c1-20-13-11-16-5-3-12(13)14(19)17-4-2-8-18-9-6-15-7-10-18/h3,5,11,15H,2,4,6-10H2,1H3,(H,17,19). The van der Waals surface area contributed by atoms with Gasteiger partial charge in [-0.1, -0.05) is 0 Å². The van der Waals surface area contributed by atoms with Crippen molar-refractivity contribution in [1.82, 2.24) is 20.5 Å². The SMILES string of the molecule is COc1cnccc1C(=O)NCCCN1CCNCC1. The Hall–Kier alpha value is -1.66. The molecule has 1 aromatic rings. The van der Waals surface area contributed by atoms with Gasteiger partial charge in [0.2, 0.25) is 0 Å². The Morgan fingerprint density at radius 3 is 3.05 bits per heavy atom. The third-order valence-corrected chi connectivity index (χ3v) is 3.40. The molecule has 20 heavy (non-hydrogen) atoms. The summed E-state index contributed by atoms with van der Waals surface area (Å²) in [5.74, 6) is 0.400. The predicted octanol–water partition coefficient (Wildman–Crippen LogP) is 0.115. The largest absolute Gasteiger partial charge is 0.494 e. The lowest BCUT2D eigenvalue weighted by Gasteiger charge is -2.27. The van der Waals surface area contributed by atoms with Gasteiger partial charge < -0.3 is 20.3 Å². The summed E-state index contributed by atoms with van der Waals surface area (Å²) in [6.45, 7) is 5.99. The molecule has 6 nitrogen and oxygen atoms in total. The van der Waals surface area contributed by atoms with Crippen LogP contribution in [-0.2, 0) is 0 Å². The maximum Gasteiger partial charge on any atom is 0.255 e. The summed E-state index contributed by atoms with van der Waals surface area (Å²) < 4.78 is 5.13. The minimum atomic E-state index is -0.107. The van der Waals surface area contributed by atoms with Crippen LogP contribution in [0.1, 0.15) is 16.8 Å². The zero-order valence-corrected chi connectivity index (χ0v) is 11.9. The highest BCUT2D eigenvalue weighted by atomic mass is 16.5. The van der Waals surface area contributed by atoms with Crippen LogP contribution >= 0.6 is 0 Å². The van der Waals surface area contributed by atoms with E-state index >= 15 is 0 Å². The van der Waals surface area contributed by atoms with Gasteiger partial charge in [0.15, 0.2) is 0 Å². The number of pyridine rings is 1. The molecule has 0 radical (unpaired) electrons. The summed E-state index contributed by atoms with van der Waals surface area (Å²) in [5, 5.41) is 6.25. The molecule has 1 aromatic heterocycles. The molecule has 0 bridgehead atoms. The number of piperazine rings is 1. The van der Waals surface area contributed by atoms with E-state index in [1.807, 2.05) is 0 Å². The highest BCUT2D eigenvalue weighted by Gasteiger charge is 2.12. The first kappa shape index (κ1) is 14.7. The van der Waals surface area contributed by atoms with Gasteiger partial charge in [0.1, 0.15) is 5.75 Å². The van der Waals surface area contributed by atoms with Gasteiger partial charge >= 0.3 is 0 Å². The van der Waals surface area contributed by atoms with E-state index in [1.165, 1.54) is 7.11 Å². The molecule has 1 saturated heterocycles. The summed E-state index contributed by atoms with van der Waals surface area (Å²) in [5.41, 5.74) is 0.532. The molecule has 2 rings (SSSR count). The molecule has 2 heterocycles. The number of amides is 1. The molecule has 2 N–H and O–H groups in total. The third kappa shape index (κ3) is 4.18. The summed E-state index contributed by atoms with van der Waals surface area (Å²) >= 11 is 0. The Morgan fingerprint density at radius 2 is 2.30 bits per heavy atom. The third-order valence-electron chi connectivity index (χ3n) is 3.40. The van der Waals surface area contributed by atoms with Crippen molar-refractivity contribution < 1.29 is 9.53 Å². The van der Waals surface area contributed by atoms with Crippen LogP contribution in [0.25, 0.3) is 0 Å². The highest BCUT2D eigenvalue weighted by molar-refractivity contribution is 5.96. The van der Waals surface area contributed by atoms with Crippen LogP contribution in [0.5, 0.6) is 5.75 Å². The molecule has 0 aliphatic carbocycles. The van der Waals surface area contributed by atoms with Crippen LogP contribution in [0, 0.1) is 0 Å². The average Bonchev–Trinajstić information content (AvgIpc) is 2.52. The normalized spacial score (nSPS) is 15.8. The van der Waals surface area contributed by atoms with Crippen LogP contribution in [-0.4, -0.2) is 62.2 Å². The quantitative estimate of drug-likeness (QED) is 0.723. The fraction of sp³-hybridized carbons (Fsp3) is 0.571. The minimum absolute atomic E-state index is 0.107. The van der Waals surface area contributed by atoms with Crippen molar-refractivity contribution in [2.75, 3.05) is 46.4 Å². The Labute approximate surface area is 119 Å². The van der Waals surface area contributed by atoms with Crippen molar-refractivity contribution >= 4 is 5.91 Å². The molecule has 1 aliphatic heterocycles. The monoisotopic (exact) mass is 278 g/mol. The second kappa shape index (κ2) is 7.81. The van der Waals surface area contributed by atoms with Crippen LogP contribution in [0.2, 0.25) is 0 Å². The number of nitrogens with one attached hydrogen (secondary N) is 2. The average molecular weight is 278 g/mol. The molecule has 6 heteroatoms. The predicted molar refractivity (Wildman–Crippen MR) is 77.0 cm³/mol. The van der Waals surface area contributed by atoms with Gasteiger partial charge in [0.05, 0.1) is 18.9 Å². The smallest absolute Gasteiger partial charge is 0.255 e. The maximum absolute atomic E-state index is 12.0. The zero-order valence-electron chi connectivity index (χ0n) is 11.9. The topological polar surface area (TPSA) is 66.5 Å². The number of hydrogen-bond acceptors (Lipinski definition) is 5. The molecule has 110 valence electrons. The number of ether oxygens (including phenoxy) is 1. The first-order valence-corrected chi connectivity index (χ1v) is 7.00. The molecule has 0 unspecified atom stereocenters. The van der Waals surface area contributed by atoms with Gasteiger partial charge in [0, 0.05) is 38.9 Å². The van der Waals surface area contributed by atoms with Crippen molar-refractivity contribution in [3.8, 4) is 5.75 Å². The minimum Gasteiger partial charge on any atom is -0.494 e. The van der Waals surface area contributed by atoms with Crippen LogP contribution < -0.4 is 15.4 Å². The van der Waals surface area contributed by atoms with Crippen molar-refractivity contribution in [1.29, 1.82) is 0 Å². The number of carbonyl (C=O) groups is 1. The zero-order chi connectivity index (χ0) is 14.2. The Balaban J connectivity index is 1.72. The second-order valence-electron chi connectivity index (χ2n) is 4.78. The van der Waals surface area contributed by atoms with Crippen LogP contribution in [0.3, 0.4) is 0 Å². The van der Waals surface area contributed by atoms with E-state index in [0.29, 0.717) is 17.9 Å². The number of nitrogens with zero attached hydrogens (tertiary/aromatic N) is 2. The van der Waals surface area contributed by atoms with Gasteiger partial charge in [-0.25, -0.2) is 0 Å². The molecular formula is C14H22N4O2. The fourth-order valence-electron chi connectivity index (χ4n) is 2.26. The van der Waals surface area contributed by atoms with E-state index in [9.17, 15) is 4.79 Å². The molecule has 0 spiro atoms. The molecule has 1 aliphatic rings. The Kier molecular flexibility index (Phi) is 5.76. The fourth-order valence-corrected chi connectivity index (χ4v) is 2.26. The summed E-state index contributed by atoms with van der Waals surface area (Å²) in [6.07, 6.45) is 4.10. The lowest BCUT2D eigenvalue weighted by molar-refractivity contribution is 0.0948. The van der Waals surface area contributed by atoms with Gasteiger partial charge in [-0.15, -0.1) is 0 Å².